The number of esters is 1. The summed E-state index contributed by atoms with van der Waals surface area (Å²) in [6.07, 6.45) is 0.679. The Morgan fingerprint density at radius 2 is 1.91 bits per heavy atom. The van der Waals surface area contributed by atoms with E-state index in [1.54, 1.807) is 14.0 Å². The first kappa shape index (κ1) is 24.3. The first-order valence-corrected chi connectivity index (χ1v) is 11.9. The summed E-state index contributed by atoms with van der Waals surface area (Å²) in [6, 6.07) is 13.3. The van der Waals surface area contributed by atoms with Crippen LogP contribution in [-0.4, -0.2) is 37.7 Å². The molecule has 0 atom stereocenters. The van der Waals surface area contributed by atoms with Crippen LogP contribution >= 0.6 is 11.3 Å². The minimum absolute atomic E-state index is 0.177. The van der Waals surface area contributed by atoms with Gasteiger partial charge < -0.3 is 18.6 Å². The first-order chi connectivity index (χ1) is 16.9. The fourth-order valence-electron chi connectivity index (χ4n) is 3.75. The lowest BCUT2D eigenvalue weighted by Gasteiger charge is -2.11. The smallest absolute Gasteiger partial charge is 0.342 e. The summed E-state index contributed by atoms with van der Waals surface area (Å²) in [7, 11) is 2.89. The second-order valence-corrected chi connectivity index (χ2v) is 8.71. The topological polar surface area (TPSA) is 99.9 Å². The van der Waals surface area contributed by atoms with Crippen molar-refractivity contribution in [2.75, 3.05) is 26.1 Å². The van der Waals surface area contributed by atoms with Gasteiger partial charge in [0.15, 0.2) is 11.5 Å². The number of methoxy groups -OCH3 is 2. The third-order valence-electron chi connectivity index (χ3n) is 5.40. The van der Waals surface area contributed by atoms with E-state index in [1.165, 1.54) is 18.4 Å². The Morgan fingerprint density at radius 1 is 1.11 bits per heavy atom. The molecular weight excluding hydrogens is 468 g/mol. The summed E-state index contributed by atoms with van der Waals surface area (Å²) in [5.74, 6) is 0.985. The molecule has 2 heterocycles. The molecule has 1 amide bonds. The number of carbonyl (C=O) groups excluding carboxylic acids is 2. The van der Waals surface area contributed by atoms with Crippen molar-refractivity contribution >= 4 is 39.3 Å². The molecule has 0 saturated carbocycles. The maximum Gasteiger partial charge on any atom is 0.342 e. The number of nitrogens with one attached hydrogen (secondary N) is 1. The molecule has 0 fully saturated rings. The number of fused-ring (bicyclic) bond motifs is 1. The van der Waals surface area contributed by atoms with Crippen LogP contribution in [0.1, 0.15) is 35.0 Å². The Hall–Kier alpha value is -3.85. The molecule has 182 valence electrons. The molecular formula is C26H26N2O6S. The number of rotatable bonds is 9. The van der Waals surface area contributed by atoms with Crippen molar-refractivity contribution in [3.05, 3.63) is 59.4 Å². The number of hydrogen-bond acceptors (Lipinski definition) is 8. The molecule has 4 rings (SSSR count). The fraction of sp³-hybridized carbons (Fsp3) is 0.269. The SMILES string of the molecule is CCOc1ccc(CCC(=O)Nc2oc(C)c(C(=O)OC)c2-c2nc3ccccc3s2)cc1OC. The Balaban J connectivity index is 1.58. The predicted octanol–water partition coefficient (Wildman–Crippen LogP) is 5.63. The highest BCUT2D eigenvalue weighted by Crippen LogP contribution is 2.40. The van der Waals surface area contributed by atoms with Gasteiger partial charge >= 0.3 is 5.97 Å². The Kier molecular flexibility index (Phi) is 7.36. The van der Waals surface area contributed by atoms with E-state index in [0.717, 1.165) is 15.8 Å². The van der Waals surface area contributed by atoms with E-state index in [2.05, 4.69) is 10.3 Å². The van der Waals surface area contributed by atoms with Gasteiger partial charge in [0.2, 0.25) is 11.8 Å². The molecule has 9 heteroatoms. The Labute approximate surface area is 206 Å². The van der Waals surface area contributed by atoms with Crippen LogP contribution in [0.3, 0.4) is 0 Å². The minimum atomic E-state index is -0.553. The van der Waals surface area contributed by atoms with Gasteiger partial charge in [0, 0.05) is 6.42 Å². The molecule has 0 spiro atoms. The number of ether oxygens (including phenoxy) is 3. The lowest BCUT2D eigenvalue weighted by molar-refractivity contribution is -0.116. The van der Waals surface area contributed by atoms with Crippen LogP contribution in [-0.2, 0) is 16.0 Å². The summed E-state index contributed by atoms with van der Waals surface area (Å²) in [6.45, 7) is 4.10. The average Bonchev–Trinajstić information content (AvgIpc) is 3.43. The number of thiazole rings is 1. The molecule has 0 aliphatic heterocycles. The summed E-state index contributed by atoms with van der Waals surface area (Å²) in [4.78, 5) is 30.1. The Morgan fingerprint density at radius 3 is 2.63 bits per heavy atom. The van der Waals surface area contributed by atoms with Crippen molar-refractivity contribution in [2.24, 2.45) is 0 Å². The van der Waals surface area contributed by atoms with Gasteiger partial charge in [-0.3, -0.25) is 10.1 Å². The summed E-state index contributed by atoms with van der Waals surface area (Å²) >= 11 is 1.41. The van der Waals surface area contributed by atoms with Crippen LogP contribution in [0.4, 0.5) is 5.88 Å². The second kappa shape index (κ2) is 10.6. The normalized spacial score (nSPS) is 10.9. The number of aromatic nitrogens is 1. The van der Waals surface area contributed by atoms with Crippen molar-refractivity contribution in [3.63, 3.8) is 0 Å². The highest BCUT2D eigenvalue weighted by Gasteiger charge is 2.28. The van der Waals surface area contributed by atoms with Crippen molar-refractivity contribution < 1.29 is 28.2 Å². The van der Waals surface area contributed by atoms with Gasteiger partial charge in [0.1, 0.15) is 16.3 Å². The minimum Gasteiger partial charge on any atom is -0.493 e. The molecule has 0 saturated heterocycles. The zero-order valence-corrected chi connectivity index (χ0v) is 20.8. The molecule has 2 aromatic carbocycles. The number of benzene rings is 2. The van der Waals surface area contributed by atoms with E-state index < -0.39 is 5.97 Å². The highest BCUT2D eigenvalue weighted by atomic mass is 32.1. The van der Waals surface area contributed by atoms with Gasteiger partial charge in [-0.2, -0.15) is 0 Å². The van der Waals surface area contributed by atoms with E-state index >= 15 is 0 Å². The van der Waals surface area contributed by atoms with Gasteiger partial charge in [-0.25, -0.2) is 9.78 Å². The summed E-state index contributed by atoms with van der Waals surface area (Å²) in [5, 5.41) is 3.39. The van der Waals surface area contributed by atoms with Crippen LogP contribution < -0.4 is 14.8 Å². The standard InChI is InChI=1S/C26H26N2O6S/c1-5-33-18-12-10-16(14-19(18)31-3)11-13-21(29)28-24-23(22(15(2)34-24)26(30)32-4)25-27-17-8-6-7-9-20(17)35-25/h6-10,12,14H,5,11,13H2,1-4H3,(H,28,29). The van der Waals surface area contributed by atoms with E-state index in [-0.39, 0.29) is 23.8 Å². The monoisotopic (exact) mass is 494 g/mol. The number of aryl methyl sites for hydroxylation is 2. The number of carbonyl (C=O) groups is 2. The number of para-hydroxylation sites is 1. The van der Waals surface area contributed by atoms with Crippen molar-refractivity contribution in [2.45, 2.75) is 26.7 Å². The largest absolute Gasteiger partial charge is 0.493 e. The van der Waals surface area contributed by atoms with Gasteiger partial charge in [-0.15, -0.1) is 11.3 Å². The zero-order valence-electron chi connectivity index (χ0n) is 20.0. The number of anilines is 1. The molecule has 0 radical (unpaired) electrons. The average molecular weight is 495 g/mol. The molecule has 1 N–H and O–H groups in total. The van der Waals surface area contributed by atoms with Gasteiger partial charge in [-0.1, -0.05) is 18.2 Å². The van der Waals surface area contributed by atoms with Crippen molar-refractivity contribution in [3.8, 4) is 22.1 Å². The van der Waals surface area contributed by atoms with Crippen LogP contribution in [0.25, 0.3) is 20.8 Å². The molecule has 0 unspecified atom stereocenters. The molecule has 0 aliphatic rings. The molecule has 35 heavy (non-hydrogen) atoms. The third-order valence-corrected chi connectivity index (χ3v) is 6.46. The maximum atomic E-state index is 12.9. The lowest BCUT2D eigenvalue weighted by Crippen LogP contribution is -2.13. The molecule has 4 aromatic rings. The van der Waals surface area contributed by atoms with Gasteiger partial charge in [-0.05, 0) is 50.1 Å². The van der Waals surface area contributed by atoms with E-state index in [9.17, 15) is 9.59 Å². The molecule has 8 nitrogen and oxygen atoms in total. The van der Waals surface area contributed by atoms with Gasteiger partial charge in [0.25, 0.3) is 0 Å². The second-order valence-electron chi connectivity index (χ2n) is 7.68. The highest BCUT2D eigenvalue weighted by molar-refractivity contribution is 7.21. The first-order valence-electron chi connectivity index (χ1n) is 11.1. The molecule has 2 aromatic heterocycles. The summed E-state index contributed by atoms with van der Waals surface area (Å²) in [5.41, 5.74) is 2.39. The van der Waals surface area contributed by atoms with E-state index in [0.29, 0.717) is 40.9 Å². The van der Waals surface area contributed by atoms with Crippen molar-refractivity contribution in [1.82, 2.24) is 4.98 Å². The zero-order chi connectivity index (χ0) is 24.9. The quantitative estimate of drug-likeness (QED) is 0.301. The number of nitrogens with zero attached hydrogens (tertiary/aromatic N) is 1. The van der Waals surface area contributed by atoms with Crippen LogP contribution in [0, 0.1) is 6.92 Å². The Bertz CT molecular complexity index is 1340. The van der Waals surface area contributed by atoms with Crippen molar-refractivity contribution in [1.29, 1.82) is 0 Å². The predicted molar refractivity (Wildman–Crippen MR) is 135 cm³/mol. The molecule has 0 bridgehead atoms. The number of furan rings is 1. The van der Waals surface area contributed by atoms with Crippen LogP contribution in [0.2, 0.25) is 0 Å². The van der Waals surface area contributed by atoms with Crippen LogP contribution in [0.5, 0.6) is 11.5 Å². The lowest BCUT2D eigenvalue weighted by atomic mass is 10.1. The number of amides is 1. The van der Waals surface area contributed by atoms with Crippen LogP contribution in [0.15, 0.2) is 46.9 Å². The van der Waals surface area contributed by atoms with E-state index in [1.807, 2.05) is 49.4 Å². The summed E-state index contributed by atoms with van der Waals surface area (Å²) < 4.78 is 22.7. The maximum absolute atomic E-state index is 12.9. The third kappa shape index (κ3) is 5.14. The van der Waals surface area contributed by atoms with Gasteiger partial charge in [0.05, 0.1) is 36.6 Å². The molecule has 0 aliphatic carbocycles. The van der Waals surface area contributed by atoms with E-state index in [4.69, 9.17) is 18.6 Å². The fourth-order valence-corrected chi connectivity index (χ4v) is 4.77. The number of hydrogen-bond donors (Lipinski definition) is 1.